The summed E-state index contributed by atoms with van der Waals surface area (Å²) in [6, 6.07) is 3.20. The van der Waals surface area contributed by atoms with Gasteiger partial charge in [0.15, 0.2) is 6.10 Å². The third-order valence-electron chi connectivity index (χ3n) is 4.76. The minimum atomic E-state index is -4.32. The summed E-state index contributed by atoms with van der Waals surface area (Å²) in [5.74, 6) is -1.58. The fourth-order valence-electron chi connectivity index (χ4n) is 3.49. The standard InChI is InChI=1S/C17H18ClF4N3O3/c18-11-5-9(1-2-12(11)19)14(24-15(26)13-6-23-16(27)28-13)10-3-4-25(7-10)8-17(20,21)22/h1-2,5,10,13-14H,3-4,6-8H2,(H,23,27)(H,24,26)/t10-,13-,14+/m0/s1. The summed E-state index contributed by atoms with van der Waals surface area (Å²) in [5, 5.41) is 4.92. The molecule has 2 heterocycles. The summed E-state index contributed by atoms with van der Waals surface area (Å²) in [6.07, 6.45) is -5.69. The molecule has 0 radical (unpaired) electrons. The van der Waals surface area contributed by atoms with Crippen LogP contribution in [-0.4, -0.2) is 55.4 Å². The van der Waals surface area contributed by atoms with Gasteiger partial charge in [-0.05, 0) is 36.6 Å². The van der Waals surface area contributed by atoms with Crippen molar-refractivity contribution in [3.05, 3.63) is 34.6 Å². The number of likely N-dealkylation sites (tertiary alicyclic amines) is 1. The lowest BCUT2D eigenvalue weighted by molar-refractivity contribution is -0.144. The van der Waals surface area contributed by atoms with Gasteiger partial charge >= 0.3 is 12.3 Å². The normalized spacial score (nSPS) is 24.0. The van der Waals surface area contributed by atoms with Crippen LogP contribution in [0.3, 0.4) is 0 Å². The molecule has 2 aliphatic heterocycles. The first kappa shape index (κ1) is 20.7. The molecule has 1 aromatic carbocycles. The van der Waals surface area contributed by atoms with Crippen molar-refractivity contribution in [2.45, 2.75) is 24.7 Å². The Kier molecular flexibility index (Phi) is 5.99. The van der Waals surface area contributed by atoms with E-state index in [4.69, 9.17) is 16.3 Å². The van der Waals surface area contributed by atoms with Crippen molar-refractivity contribution in [1.29, 1.82) is 0 Å². The average Bonchev–Trinajstić information content (AvgIpc) is 3.23. The Morgan fingerprint density at radius 3 is 2.79 bits per heavy atom. The number of nitrogens with zero attached hydrogens (tertiary/aromatic N) is 1. The number of hydrogen-bond acceptors (Lipinski definition) is 4. The van der Waals surface area contributed by atoms with E-state index >= 15 is 0 Å². The number of carbonyl (C=O) groups is 2. The fraction of sp³-hybridized carbons (Fsp3) is 0.529. The highest BCUT2D eigenvalue weighted by atomic mass is 35.5. The zero-order chi connectivity index (χ0) is 20.5. The highest BCUT2D eigenvalue weighted by Crippen LogP contribution is 2.33. The molecule has 2 saturated heterocycles. The molecule has 0 spiro atoms. The topological polar surface area (TPSA) is 70.7 Å². The summed E-state index contributed by atoms with van der Waals surface area (Å²) in [6.45, 7) is -0.738. The maximum atomic E-state index is 13.5. The van der Waals surface area contributed by atoms with E-state index in [9.17, 15) is 27.2 Å². The summed E-state index contributed by atoms with van der Waals surface area (Å²) in [4.78, 5) is 24.9. The van der Waals surface area contributed by atoms with Crippen molar-refractivity contribution in [2.24, 2.45) is 5.92 Å². The van der Waals surface area contributed by atoms with Crippen molar-refractivity contribution < 1.29 is 31.9 Å². The van der Waals surface area contributed by atoms with Gasteiger partial charge in [-0.25, -0.2) is 9.18 Å². The Morgan fingerprint density at radius 1 is 1.43 bits per heavy atom. The van der Waals surface area contributed by atoms with E-state index in [0.717, 1.165) is 6.07 Å². The molecule has 2 fully saturated rings. The second-order valence-corrected chi connectivity index (χ2v) is 7.24. The van der Waals surface area contributed by atoms with Crippen LogP contribution in [0.2, 0.25) is 5.02 Å². The van der Waals surface area contributed by atoms with Crippen LogP contribution >= 0.6 is 11.6 Å². The van der Waals surface area contributed by atoms with Crippen LogP contribution in [0.1, 0.15) is 18.0 Å². The average molecular weight is 424 g/mol. The molecular formula is C17H18ClF4N3O3. The molecule has 3 atom stereocenters. The van der Waals surface area contributed by atoms with Crippen LogP contribution in [0.4, 0.5) is 22.4 Å². The number of alkyl carbamates (subject to hydrolysis) is 1. The van der Waals surface area contributed by atoms with Gasteiger partial charge in [0, 0.05) is 6.54 Å². The van der Waals surface area contributed by atoms with Gasteiger partial charge in [-0.2, -0.15) is 13.2 Å². The summed E-state index contributed by atoms with van der Waals surface area (Å²) in [7, 11) is 0. The number of cyclic esters (lactones) is 1. The Labute approximate surface area is 163 Å². The number of halogens is 5. The van der Waals surface area contributed by atoms with E-state index in [2.05, 4.69) is 10.6 Å². The number of amides is 2. The van der Waals surface area contributed by atoms with Crippen LogP contribution in [0.15, 0.2) is 18.2 Å². The number of benzene rings is 1. The van der Waals surface area contributed by atoms with Crippen molar-refractivity contribution in [3.8, 4) is 0 Å². The molecule has 2 aliphatic rings. The molecule has 0 aliphatic carbocycles. The van der Waals surface area contributed by atoms with E-state index in [-0.39, 0.29) is 30.6 Å². The molecule has 11 heteroatoms. The van der Waals surface area contributed by atoms with Gasteiger partial charge in [-0.1, -0.05) is 17.7 Å². The third-order valence-corrected chi connectivity index (χ3v) is 5.05. The highest BCUT2D eigenvalue weighted by Gasteiger charge is 2.39. The SMILES string of the molecule is O=C1NC[C@@H](C(=O)N[C@H](c2ccc(F)c(Cl)c2)[C@H]2CCN(CC(F)(F)F)C2)O1. The second kappa shape index (κ2) is 8.12. The first-order valence-corrected chi connectivity index (χ1v) is 8.99. The lowest BCUT2D eigenvalue weighted by atomic mass is 9.92. The summed E-state index contributed by atoms with van der Waals surface area (Å²) in [5.41, 5.74) is 0.468. The minimum absolute atomic E-state index is 0.00751. The van der Waals surface area contributed by atoms with Gasteiger partial charge in [0.2, 0.25) is 0 Å². The van der Waals surface area contributed by atoms with Crippen LogP contribution in [0, 0.1) is 11.7 Å². The van der Waals surface area contributed by atoms with E-state index in [1.54, 1.807) is 0 Å². The van der Waals surface area contributed by atoms with Crippen LogP contribution < -0.4 is 10.6 Å². The maximum absolute atomic E-state index is 13.5. The number of nitrogens with one attached hydrogen (secondary N) is 2. The predicted molar refractivity (Wildman–Crippen MR) is 91.2 cm³/mol. The molecular weight excluding hydrogens is 406 g/mol. The Hall–Kier alpha value is -2.07. The molecule has 2 N–H and O–H groups in total. The zero-order valence-electron chi connectivity index (χ0n) is 14.6. The number of hydrogen-bond donors (Lipinski definition) is 2. The smallest absolute Gasteiger partial charge is 0.408 e. The molecule has 6 nitrogen and oxygen atoms in total. The van der Waals surface area contributed by atoms with Gasteiger partial charge < -0.3 is 15.4 Å². The van der Waals surface area contributed by atoms with Gasteiger partial charge in [0.1, 0.15) is 5.82 Å². The molecule has 3 rings (SSSR count). The Morgan fingerprint density at radius 2 is 2.18 bits per heavy atom. The van der Waals surface area contributed by atoms with Crippen molar-refractivity contribution in [2.75, 3.05) is 26.2 Å². The Bertz CT molecular complexity index is 762. The highest BCUT2D eigenvalue weighted by molar-refractivity contribution is 6.30. The van der Waals surface area contributed by atoms with E-state index in [1.165, 1.54) is 17.0 Å². The molecule has 1 aromatic rings. The number of carbonyl (C=O) groups excluding carboxylic acids is 2. The van der Waals surface area contributed by atoms with Crippen LogP contribution in [0.25, 0.3) is 0 Å². The molecule has 28 heavy (non-hydrogen) atoms. The van der Waals surface area contributed by atoms with Crippen LogP contribution in [0.5, 0.6) is 0 Å². The monoisotopic (exact) mass is 423 g/mol. The lowest BCUT2D eigenvalue weighted by Crippen LogP contribution is -2.42. The van der Waals surface area contributed by atoms with Crippen molar-refractivity contribution >= 4 is 23.6 Å². The number of alkyl halides is 3. The molecule has 0 unspecified atom stereocenters. The number of ether oxygens (including phenoxy) is 1. The van der Waals surface area contributed by atoms with Gasteiger partial charge in [-0.3, -0.25) is 9.69 Å². The largest absolute Gasteiger partial charge is 0.434 e. The van der Waals surface area contributed by atoms with Crippen molar-refractivity contribution in [1.82, 2.24) is 15.5 Å². The molecule has 0 bridgehead atoms. The van der Waals surface area contributed by atoms with Crippen molar-refractivity contribution in [3.63, 3.8) is 0 Å². The first-order chi connectivity index (χ1) is 13.1. The predicted octanol–water partition coefficient (Wildman–Crippen LogP) is 2.63. The van der Waals surface area contributed by atoms with Crippen LogP contribution in [-0.2, 0) is 9.53 Å². The fourth-order valence-corrected chi connectivity index (χ4v) is 3.68. The summed E-state index contributed by atoms with van der Waals surface area (Å²) < 4.78 is 56.4. The second-order valence-electron chi connectivity index (χ2n) is 6.83. The number of rotatable bonds is 5. The van der Waals surface area contributed by atoms with Gasteiger partial charge in [0.05, 0.1) is 24.2 Å². The van der Waals surface area contributed by atoms with E-state index in [1.807, 2.05) is 0 Å². The Balaban J connectivity index is 1.77. The van der Waals surface area contributed by atoms with E-state index in [0.29, 0.717) is 12.0 Å². The minimum Gasteiger partial charge on any atom is -0.434 e. The summed E-state index contributed by atoms with van der Waals surface area (Å²) >= 11 is 5.84. The molecule has 0 aromatic heterocycles. The first-order valence-electron chi connectivity index (χ1n) is 8.61. The molecule has 0 saturated carbocycles. The molecule has 154 valence electrons. The lowest BCUT2D eigenvalue weighted by Gasteiger charge is -2.27. The van der Waals surface area contributed by atoms with E-state index < -0.39 is 42.7 Å². The van der Waals surface area contributed by atoms with Gasteiger partial charge in [0.25, 0.3) is 5.91 Å². The van der Waals surface area contributed by atoms with Gasteiger partial charge in [-0.15, -0.1) is 0 Å². The maximum Gasteiger partial charge on any atom is 0.408 e. The molecule has 2 amide bonds. The quantitative estimate of drug-likeness (QED) is 0.714. The zero-order valence-corrected chi connectivity index (χ0v) is 15.3. The third kappa shape index (κ3) is 5.05.